The largest absolute Gasteiger partial charge is 0.343 e. The predicted octanol–water partition coefficient (Wildman–Crippen LogP) is 4.17. The number of rotatable bonds is 3. The van der Waals surface area contributed by atoms with Crippen molar-refractivity contribution in [3.63, 3.8) is 0 Å². The molecule has 0 aliphatic rings. The maximum absolute atomic E-state index is 14.0. The molecule has 0 fully saturated rings. The highest BCUT2D eigenvalue weighted by atomic mass is 19.1. The molecular weight excluding hydrogens is 277 g/mol. The molecule has 0 amide bonds. The topological polar surface area (TPSA) is 31.9 Å². The first-order valence-corrected chi connectivity index (χ1v) is 7.31. The fraction of sp³-hybridized carbons (Fsp3) is 0.278. The number of aromatic nitrogens is 2. The molecule has 0 saturated heterocycles. The molecule has 114 valence electrons. The van der Waals surface area contributed by atoms with E-state index in [2.05, 4.69) is 54.9 Å². The molecule has 2 heterocycles. The van der Waals surface area contributed by atoms with Gasteiger partial charge in [-0.15, -0.1) is 0 Å². The highest BCUT2D eigenvalue weighted by molar-refractivity contribution is 5.93. The lowest BCUT2D eigenvalue weighted by molar-refractivity contribution is 0.198. The zero-order valence-corrected chi connectivity index (χ0v) is 13.3. The van der Waals surface area contributed by atoms with Crippen LogP contribution in [-0.2, 0) is 5.54 Å². The van der Waals surface area contributed by atoms with Crippen molar-refractivity contribution in [2.24, 2.45) is 0 Å². The molecule has 2 aromatic heterocycles. The van der Waals surface area contributed by atoms with E-state index in [1.165, 1.54) is 11.8 Å². The van der Waals surface area contributed by atoms with Crippen LogP contribution in [0, 0.1) is 5.82 Å². The van der Waals surface area contributed by atoms with Crippen molar-refractivity contribution in [1.29, 1.82) is 0 Å². The Morgan fingerprint density at radius 1 is 1.09 bits per heavy atom. The highest BCUT2D eigenvalue weighted by Crippen LogP contribution is 2.31. The van der Waals surface area contributed by atoms with Crippen LogP contribution in [0.15, 0.2) is 42.7 Å². The fourth-order valence-corrected chi connectivity index (χ4v) is 2.57. The first-order valence-electron chi connectivity index (χ1n) is 7.31. The number of nitrogens with one attached hydrogen (secondary N) is 1. The molecule has 3 aromatic rings. The Labute approximate surface area is 129 Å². The summed E-state index contributed by atoms with van der Waals surface area (Å²) >= 11 is 0. The molecular formula is C18H20FN3. The lowest BCUT2D eigenvalue weighted by Gasteiger charge is -2.33. The molecule has 0 saturated carbocycles. The lowest BCUT2D eigenvalue weighted by Crippen LogP contribution is -2.35. The third kappa shape index (κ3) is 2.29. The SMILES string of the molecule is CN(C)C(C)(C)c1ccc(-c2ccnc3[nH]cc(F)c23)cc1. The second-order valence-corrected chi connectivity index (χ2v) is 6.25. The third-order valence-corrected chi connectivity index (χ3v) is 4.55. The number of hydrogen-bond acceptors (Lipinski definition) is 2. The van der Waals surface area contributed by atoms with Gasteiger partial charge in [0, 0.05) is 17.9 Å². The lowest BCUT2D eigenvalue weighted by atomic mass is 9.91. The van der Waals surface area contributed by atoms with Gasteiger partial charge in [0.15, 0.2) is 5.82 Å². The van der Waals surface area contributed by atoms with Crippen LogP contribution in [0.5, 0.6) is 0 Å². The minimum Gasteiger partial charge on any atom is -0.343 e. The molecule has 1 N–H and O–H groups in total. The second kappa shape index (κ2) is 5.21. The quantitative estimate of drug-likeness (QED) is 0.787. The average molecular weight is 297 g/mol. The maximum Gasteiger partial charge on any atom is 0.150 e. The Morgan fingerprint density at radius 2 is 1.77 bits per heavy atom. The normalized spacial score (nSPS) is 12.3. The van der Waals surface area contributed by atoms with Crippen LogP contribution in [-0.4, -0.2) is 29.0 Å². The van der Waals surface area contributed by atoms with Crippen LogP contribution in [0.4, 0.5) is 4.39 Å². The summed E-state index contributed by atoms with van der Waals surface area (Å²) in [6.45, 7) is 4.36. The zero-order chi connectivity index (χ0) is 15.9. The predicted molar refractivity (Wildman–Crippen MR) is 88.2 cm³/mol. The number of aromatic amines is 1. The summed E-state index contributed by atoms with van der Waals surface area (Å²) in [7, 11) is 4.13. The van der Waals surface area contributed by atoms with Crippen LogP contribution in [0.25, 0.3) is 22.2 Å². The molecule has 3 rings (SSSR count). The van der Waals surface area contributed by atoms with Crippen LogP contribution in [0.3, 0.4) is 0 Å². The molecule has 0 atom stereocenters. The van der Waals surface area contributed by atoms with E-state index in [-0.39, 0.29) is 11.4 Å². The second-order valence-electron chi connectivity index (χ2n) is 6.25. The summed E-state index contributed by atoms with van der Waals surface area (Å²) in [6.07, 6.45) is 3.05. The van der Waals surface area contributed by atoms with Gasteiger partial charge in [-0.3, -0.25) is 0 Å². The van der Waals surface area contributed by atoms with E-state index < -0.39 is 0 Å². The summed E-state index contributed by atoms with van der Waals surface area (Å²) in [4.78, 5) is 9.20. The summed E-state index contributed by atoms with van der Waals surface area (Å²) in [5, 5.41) is 0.544. The van der Waals surface area contributed by atoms with E-state index in [9.17, 15) is 4.39 Å². The Hall–Kier alpha value is -2.20. The summed E-state index contributed by atoms with van der Waals surface area (Å²) in [5.41, 5.74) is 3.60. The van der Waals surface area contributed by atoms with Gasteiger partial charge in [0.25, 0.3) is 0 Å². The van der Waals surface area contributed by atoms with Gasteiger partial charge >= 0.3 is 0 Å². The number of fused-ring (bicyclic) bond motifs is 1. The van der Waals surface area contributed by atoms with Gasteiger partial charge in [-0.05, 0) is 50.7 Å². The van der Waals surface area contributed by atoms with Gasteiger partial charge in [0.2, 0.25) is 0 Å². The van der Waals surface area contributed by atoms with Gasteiger partial charge in [-0.1, -0.05) is 24.3 Å². The number of nitrogens with zero attached hydrogens (tertiary/aromatic N) is 2. The van der Waals surface area contributed by atoms with Gasteiger partial charge in [-0.25, -0.2) is 9.37 Å². The van der Waals surface area contributed by atoms with E-state index in [0.717, 1.165) is 11.1 Å². The van der Waals surface area contributed by atoms with Crippen LogP contribution < -0.4 is 0 Å². The van der Waals surface area contributed by atoms with E-state index in [1.807, 2.05) is 18.2 Å². The van der Waals surface area contributed by atoms with E-state index in [1.54, 1.807) is 6.20 Å². The first kappa shape index (κ1) is 14.7. The van der Waals surface area contributed by atoms with Gasteiger partial charge in [0.1, 0.15) is 5.65 Å². The van der Waals surface area contributed by atoms with Gasteiger partial charge in [0.05, 0.1) is 5.39 Å². The van der Waals surface area contributed by atoms with Crippen molar-refractivity contribution >= 4 is 11.0 Å². The van der Waals surface area contributed by atoms with Crippen molar-refractivity contribution in [1.82, 2.24) is 14.9 Å². The fourth-order valence-electron chi connectivity index (χ4n) is 2.57. The van der Waals surface area contributed by atoms with Crippen molar-refractivity contribution in [3.05, 3.63) is 54.1 Å². The van der Waals surface area contributed by atoms with E-state index in [4.69, 9.17) is 0 Å². The number of H-pyrrole nitrogens is 1. The minimum absolute atomic E-state index is 0.0502. The smallest absolute Gasteiger partial charge is 0.150 e. The third-order valence-electron chi connectivity index (χ3n) is 4.55. The van der Waals surface area contributed by atoms with Crippen molar-refractivity contribution < 1.29 is 4.39 Å². The van der Waals surface area contributed by atoms with Crippen LogP contribution in [0.2, 0.25) is 0 Å². The van der Waals surface area contributed by atoms with Crippen molar-refractivity contribution in [3.8, 4) is 11.1 Å². The number of halogens is 1. The van der Waals surface area contributed by atoms with E-state index >= 15 is 0 Å². The van der Waals surface area contributed by atoms with Gasteiger partial charge in [-0.2, -0.15) is 0 Å². The Balaban J connectivity index is 2.08. The molecule has 0 bridgehead atoms. The maximum atomic E-state index is 14.0. The molecule has 0 radical (unpaired) electrons. The van der Waals surface area contributed by atoms with Crippen LogP contribution >= 0.6 is 0 Å². The van der Waals surface area contributed by atoms with Crippen molar-refractivity contribution in [2.45, 2.75) is 19.4 Å². The molecule has 0 aliphatic carbocycles. The summed E-state index contributed by atoms with van der Waals surface area (Å²) in [6, 6.07) is 10.1. The molecule has 0 spiro atoms. The summed E-state index contributed by atoms with van der Waals surface area (Å²) in [5.74, 6) is -0.268. The molecule has 4 heteroatoms. The minimum atomic E-state index is -0.268. The Bertz CT molecular complexity index is 801. The number of hydrogen-bond donors (Lipinski definition) is 1. The van der Waals surface area contributed by atoms with Crippen molar-refractivity contribution in [2.75, 3.05) is 14.1 Å². The molecule has 22 heavy (non-hydrogen) atoms. The number of pyridine rings is 1. The first-order chi connectivity index (χ1) is 10.4. The Morgan fingerprint density at radius 3 is 2.41 bits per heavy atom. The summed E-state index contributed by atoms with van der Waals surface area (Å²) < 4.78 is 14.0. The van der Waals surface area contributed by atoms with E-state index in [0.29, 0.717) is 11.0 Å². The molecule has 1 aromatic carbocycles. The standard InChI is InChI=1S/C18H20FN3/c1-18(2,22(3)4)13-7-5-12(6-8-13)14-9-10-20-17-16(14)15(19)11-21-17/h5-11H,1-4H3,(H,20,21). The van der Waals surface area contributed by atoms with Gasteiger partial charge < -0.3 is 9.88 Å². The average Bonchev–Trinajstić information content (AvgIpc) is 2.89. The molecule has 0 unspecified atom stereocenters. The molecule has 3 nitrogen and oxygen atoms in total. The zero-order valence-electron chi connectivity index (χ0n) is 13.3. The molecule has 0 aliphatic heterocycles. The monoisotopic (exact) mass is 297 g/mol. The number of benzene rings is 1. The Kier molecular flexibility index (Phi) is 3.49. The highest BCUT2D eigenvalue weighted by Gasteiger charge is 2.22. The van der Waals surface area contributed by atoms with Crippen LogP contribution in [0.1, 0.15) is 19.4 Å².